The monoisotopic (exact) mass is 439 g/mol. The SMILES string of the molecule is CC(C)(C)[S@@+]([O-])N[C@H](N)c1cc(Cl)ccc1Cn1c(=S)[nH]c(=O)c2[nH]ccc21. The second-order valence-electron chi connectivity index (χ2n) is 7.40. The van der Waals surface area contributed by atoms with E-state index in [0.29, 0.717) is 32.9 Å². The van der Waals surface area contributed by atoms with Gasteiger partial charge in [-0.3, -0.25) is 9.78 Å². The molecular formula is C18H22ClN5O2S2. The molecule has 0 amide bonds. The van der Waals surface area contributed by atoms with Crippen LogP contribution in [-0.2, 0) is 17.9 Å². The van der Waals surface area contributed by atoms with Gasteiger partial charge in [-0.05, 0) is 62.3 Å². The summed E-state index contributed by atoms with van der Waals surface area (Å²) >= 11 is 10.2. The average molecular weight is 440 g/mol. The van der Waals surface area contributed by atoms with Gasteiger partial charge in [-0.2, -0.15) is 0 Å². The Kier molecular flexibility index (Phi) is 6.04. The molecule has 2 aromatic heterocycles. The predicted octanol–water partition coefficient (Wildman–Crippen LogP) is 3.10. The van der Waals surface area contributed by atoms with Crippen LogP contribution >= 0.6 is 23.8 Å². The summed E-state index contributed by atoms with van der Waals surface area (Å²) in [6, 6.07) is 7.16. The fourth-order valence-corrected chi connectivity index (χ4v) is 3.93. The van der Waals surface area contributed by atoms with Gasteiger partial charge in [-0.1, -0.05) is 17.7 Å². The van der Waals surface area contributed by atoms with Crippen LogP contribution in [0.15, 0.2) is 35.3 Å². The van der Waals surface area contributed by atoms with Gasteiger partial charge in [-0.15, -0.1) is 4.72 Å². The van der Waals surface area contributed by atoms with Gasteiger partial charge in [0.2, 0.25) is 0 Å². The molecule has 0 unspecified atom stereocenters. The van der Waals surface area contributed by atoms with Crippen LogP contribution in [0.1, 0.15) is 38.1 Å². The maximum absolute atomic E-state index is 12.5. The Hall–Kier alpha value is -1.62. The topological polar surface area (TPSA) is 115 Å². The molecule has 0 bridgehead atoms. The van der Waals surface area contributed by atoms with Crippen molar-refractivity contribution in [3.05, 3.63) is 61.7 Å². The first-order valence-corrected chi connectivity index (χ1v) is 10.5. The molecule has 0 aliphatic carbocycles. The summed E-state index contributed by atoms with van der Waals surface area (Å²) in [7, 11) is 0. The highest BCUT2D eigenvalue weighted by atomic mass is 35.5. The summed E-state index contributed by atoms with van der Waals surface area (Å²) in [5.41, 5.74) is 8.73. The van der Waals surface area contributed by atoms with E-state index in [2.05, 4.69) is 14.7 Å². The van der Waals surface area contributed by atoms with Crippen molar-refractivity contribution < 1.29 is 4.55 Å². The van der Waals surface area contributed by atoms with Gasteiger partial charge in [0, 0.05) is 22.6 Å². The van der Waals surface area contributed by atoms with Gasteiger partial charge < -0.3 is 19.8 Å². The normalized spacial score (nSPS) is 14.4. The number of aromatic amines is 2. The van der Waals surface area contributed by atoms with Crippen molar-refractivity contribution in [1.82, 2.24) is 19.3 Å². The fraction of sp³-hybridized carbons (Fsp3) is 0.333. The molecule has 0 fully saturated rings. The minimum atomic E-state index is -1.35. The average Bonchev–Trinajstić information content (AvgIpc) is 3.08. The molecule has 0 aliphatic rings. The van der Waals surface area contributed by atoms with E-state index in [9.17, 15) is 9.35 Å². The van der Waals surface area contributed by atoms with E-state index in [4.69, 9.17) is 29.6 Å². The largest absolute Gasteiger partial charge is 0.598 e. The van der Waals surface area contributed by atoms with Crippen LogP contribution < -0.4 is 16.0 Å². The maximum Gasteiger partial charge on any atom is 0.276 e. The number of nitrogens with one attached hydrogen (secondary N) is 3. The summed E-state index contributed by atoms with van der Waals surface area (Å²) < 4.78 is 17.0. The lowest BCUT2D eigenvalue weighted by Crippen LogP contribution is -2.44. The van der Waals surface area contributed by atoms with Gasteiger partial charge in [0.1, 0.15) is 16.4 Å². The summed E-state index contributed by atoms with van der Waals surface area (Å²) in [6.07, 6.45) is 1.00. The van der Waals surface area contributed by atoms with E-state index >= 15 is 0 Å². The van der Waals surface area contributed by atoms with Crippen LogP contribution in [0.2, 0.25) is 5.02 Å². The van der Waals surface area contributed by atoms with Gasteiger partial charge in [0.05, 0.1) is 12.1 Å². The van der Waals surface area contributed by atoms with Crippen molar-refractivity contribution in [2.45, 2.75) is 38.2 Å². The Morgan fingerprint density at radius 2 is 2.11 bits per heavy atom. The Bertz CT molecular complexity index is 1120. The van der Waals surface area contributed by atoms with Crippen LogP contribution in [0, 0.1) is 4.77 Å². The molecule has 0 radical (unpaired) electrons. The first-order chi connectivity index (χ1) is 13.1. The number of halogens is 1. The van der Waals surface area contributed by atoms with Crippen LogP contribution in [0.4, 0.5) is 0 Å². The Morgan fingerprint density at radius 1 is 1.39 bits per heavy atom. The molecule has 3 aromatic rings. The van der Waals surface area contributed by atoms with Gasteiger partial charge in [0.25, 0.3) is 5.56 Å². The highest BCUT2D eigenvalue weighted by Gasteiger charge is 2.29. The minimum absolute atomic E-state index is 0.267. The smallest absolute Gasteiger partial charge is 0.276 e. The highest BCUT2D eigenvalue weighted by molar-refractivity contribution is 7.90. The quantitative estimate of drug-likeness (QED) is 0.277. The fourth-order valence-electron chi connectivity index (χ4n) is 2.79. The third kappa shape index (κ3) is 4.35. The Balaban J connectivity index is 2.02. The third-order valence-corrected chi connectivity index (χ3v) is 6.41. The molecule has 7 nitrogen and oxygen atoms in total. The van der Waals surface area contributed by atoms with Crippen LogP contribution in [0.25, 0.3) is 11.0 Å². The van der Waals surface area contributed by atoms with Crippen molar-refractivity contribution in [2.75, 3.05) is 0 Å². The lowest BCUT2D eigenvalue weighted by atomic mass is 10.1. The van der Waals surface area contributed by atoms with Crippen LogP contribution in [0.5, 0.6) is 0 Å². The van der Waals surface area contributed by atoms with Crippen molar-refractivity contribution in [1.29, 1.82) is 0 Å². The van der Waals surface area contributed by atoms with Gasteiger partial charge >= 0.3 is 0 Å². The molecule has 0 saturated carbocycles. The molecule has 5 N–H and O–H groups in total. The number of rotatable bonds is 5. The molecule has 1 aromatic carbocycles. The summed E-state index contributed by atoms with van der Waals surface area (Å²) in [6.45, 7) is 5.96. The molecule has 3 rings (SSSR count). The van der Waals surface area contributed by atoms with E-state index in [1.54, 1.807) is 24.4 Å². The number of hydrogen-bond acceptors (Lipinski definition) is 5. The van der Waals surface area contributed by atoms with Crippen molar-refractivity contribution in [2.24, 2.45) is 5.73 Å². The minimum Gasteiger partial charge on any atom is -0.598 e. The van der Waals surface area contributed by atoms with E-state index in [1.807, 2.05) is 31.4 Å². The number of benzene rings is 1. The molecule has 2 atom stereocenters. The summed E-state index contributed by atoms with van der Waals surface area (Å²) in [4.78, 5) is 17.6. The number of nitrogens with zero attached hydrogens (tertiary/aromatic N) is 1. The third-order valence-electron chi connectivity index (χ3n) is 4.27. The molecule has 10 heteroatoms. The second-order valence-corrected chi connectivity index (χ2v) is 10.2. The number of H-pyrrole nitrogens is 2. The number of hydrogen-bond donors (Lipinski definition) is 4. The number of fused-ring (bicyclic) bond motifs is 1. The summed E-state index contributed by atoms with van der Waals surface area (Å²) in [5, 5.41) is 0.523. The molecule has 150 valence electrons. The molecule has 28 heavy (non-hydrogen) atoms. The van der Waals surface area contributed by atoms with Crippen molar-refractivity contribution in [3.8, 4) is 0 Å². The van der Waals surface area contributed by atoms with Crippen molar-refractivity contribution in [3.63, 3.8) is 0 Å². The van der Waals surface area contributed by atoms with Crippen molar-refractivity contribution >= 4 is 46.2 Å². The first kappa shape index (κ1) is 21.1. The standard InChI is InChI=1S/C18H22ClN5O2S2/c1-18(2,3)28(26)23-15(20)12-8-11(19)5-4-10(12)9-24-13-6-7-21-14(13)16(25)22-17(24)27/h4-8,15,21,23H,9,20H2,1-3H3,(H,22,25,27)/t15-,28+/m0/s1. The lowest BCUT2D eigenvalue weighted by Gasteiger charge is -2.27. The zero-order valence-corrected chi connectivity index (χ0v) is 18.1. The molecule has 2 heterocycles. The lowest BCUT2D eigenvalue weighted by molar-refractivity contribution is 0.526. The van der Waals surface area contributed by atoms with E-state index < -0.39 is 22.3 Å². The first-order valence-electron chi connectivity index (χ1n) is 8.60. The second kappa shape index (κ2) is 8.02. The molecular weight excluding hydrogens is 418 g/mol. The molecule has 0 spiro atoms. The number of nitrogens with two attached hydrogens (primary N) is 1. The zero-order valence-electron chi connectivity index (χ0n) is 15.7. The Morgan fingerprint density at radius 3 is 2.79 bits per heavy atom. The zero-order chi connectivity index (χ0) is 20.6. The van der Waals surface area contributed by atoms with Crippen LogP contribution in [0.3, 0.4) is 0 Å². The molecule has 0 aliphatic heterocycles. The van der Waals surface area contributed by atoms with E-state index in [-0.39, 0.29) is 5.56 Å². The predicted molar refractivity (Wildman–Crippen MR) is 116 cm³/mol. The Labute approximate surface area is 175 Å². The number of aromatic nitrogens is 3. The van der Waals surface area contributed by atoms with Gasteiger partial charge in [0.15, 0.2) is 4.77 Å². The highest BCUT2D eigenvalue weighted by Crippen LogP contribution is 2.24. The van der Waals surface area contributed by atoms with E-state index in [0.717, 1.165) is 5.56 Å². The van der Waals surface area contributed by atoms with E-state index in [1.165, 1.54) is 0 Å². The van der Waals surface area contributed by atoms with Crippen LogP contribution in [-0.4, -0.2) is 23.8 Å². The molecule has 0 saturated heterocycles. The van der Waals surface area contributed by atoms with Gasteiger partial charge in [-0.25, -0.2) is 0 Å². The summed E-state index contributed by atoms with van der Waals surface area (Å²) in [5.74, 6) is 0. The maximum atomic E-state index is 12.5.